The second-order valence-corrected chi connectivity index (χ2v) is 15.1. The molecule has 1 unspecified atom stereocenters. The van der Waals surface area contributed by atoms with Crippen molar-refractivity contribution in [2.45, 2.75) is 88.1 Å². The van der Waals surface area contributed by atoms with Crippen molar-refractivity contribution < 1.29 is 37.0 Å². The molecule has 4 rings (SSSR count). The molecule has 1 aliphatic rings. The Bertz CT molecular complexity index is 1670. The number of benzene rings is 3. The molecule has 1 saturated heterocycles. The van der Waals surface area contributed by atoms with Gasteiger partial charge in [-0.05, 0) is 114 Å². The van der Waals surface area contributed by atoms with Crippen LogP contribution in [0.15, 0.2) is 76.5 Å². The minimum Gasteiger partial charge on any atom is -0.462 e. The van der Waals surface area contributed by atoms with E-state index in [2.05, 4.69) is 5.32 Å². The third kappa shape index (κ3) is 10.9. The number of ether oxygens (including phenoxy) is 4. The molecule has 3 aromatic carbocycles. The summed E-state index contributed by atoms with van der Waals surface area (Å²) in [6.07, 6.45) is 1.71. The lowest BCUT2D eigenvalue weighted by Gasteiger charge is -2.33. The molecule has 0 spiro atoms. The first-order chi connectivity index (χ1) is 23.3. The number of carbonyl (C=O) groups is 2. The van der Waals surface area contributed by atoms with Gasteiger partial charge in [0.2, 0.25) is 9.84 Å². The van der Waals surface area contributed by atoms with Crippen LogP contribution in [0.1, 0.15) is 81.5 Å². The molecule has 12 heteroatoms. The number of rotatable bonds is 14. The Morgan fingerprint density at radius 3 is 2.39 bits per heavy atom. The smallest absolute Gasteiger partial charge is 0.410 e. The molecule has 1 N–H and O–H groups in total. The summed E-state index contributed by atoms with van der Waals surface area (Å²) in [5.41, 5.74) is 1.56. The van der Waals surface area contributed by atoms with Crippen molar-refractivity contribution in [2.24, 2.45) is 0 Å². The number of hydrogen-bond donors (Lipinski definition) is 1. The summed E-state index contributed by atoms with van der Waals surface area (Å²) in [7, 11) is -3.95. The fourth-order valence-corrected chi connectivity index (χ4v) is 6.85. The van der Waals surface area contributed by atoms with E-state index < -0.39 is 39.9 Å². The summed E-state index contributed by atoms with van der Waals surface area (Å²) < 4.78 is 50.4. The molecule has 266 valence electrons. The summed E-state index contributed by atoms with van der Waals surface area (Å²) in [5.74, 6) is -0.602. The van der Waals surface area contributed by atoms with Crippen LogP contribution < -0.4 is 5.32 Å². The zero-order valence-electron chi connectivity index (χ0n) is 28.9. The highest BCUT2D eigenvalue weighted by molar-refractivity contribution is 7.91. The van der Waals surface area contributed by atoms with Gasteiger partial charge >= 0.3 is 12.1 Å². The van der Waals surface area contributed by atoms with E-state index in [1.807, 2.05) is 45.9 Å². The first kappa shape index (κ1) is 38.2. The van der Waals surface area contributed by atoms with Crippen molar-refractivity contribution in [3.63, 3.8) is 0 Å². The summed E-state index contributed by atoms with van der Waals surface area (Å²) in [4.78, 5) is 27.8. The number of anilines is 1. The Morgan fingerprint density at radius 2 is 1.76 bits per heavy atom. The molecule has 1 fully saturated rings. The van der Waals surface area contributed by atoms with Gasteiger partial charge < -0.3 is 29.2 Å². The average Bonchev–Trinajstić information content (AvgIpc) is 3.06. The lowest BCUT2D eigenvalue weighted by molar-refractivity contribution is -0.192. The maximum atomic E-state index is 13.6. The second-order valence-electron chi connectivity index (χ2n) is 12.8. The predicted molar refractivity (Wildman–Crippen MR) is 189 cm³/mol. The van der Waals surface area contributed by atoms with Gasteiger partial charge in [-0.25, -0.2) is 18.0 Å². The van der Waals surface area contributed by atoms with Crippen molar-refractivity contribution in [1.29, 1.82) is 0 Å². The molecular weight excluding hydrogens is 668 g/mol. The van der Waals surface area contributed by atoms with Crippen LogP contribution in [0.4, 0.5) is 10.5 Å². The lowest BCUT2D eigenvalue weighted by Crippen LogP contribution is -2.41. The normalized spacial score (nSPS) is 15.7. The maximum absolute atomic E-state index is 13.6. The quantitative estimate of drug-likeness (QED) is 0.167. The van der Waals surface area contributed by atoms with E-state index in [1.54, 1.807) is 36.1 Å². The van der Waals surface area contributed by atoms with Gasteiger partial charge in [-0.2, -0.15) is 0 Å². The molecule has 3 aromatic rings. The Labute approximate surface area is 294 Å². The minimum absolute atomic E-state index is 0.0185. The van der Waals surface area contributed by atoms with Gasteiger partial charge in [-0.3, -0.25) is 0 Å². The Balaban J connectivity index is 1.55. The fourth-order valence-electron chi connectivity index (χ4n) is 5.37. The van der Waals surface area contributed by atoms with E-state index in [0.29, 0.717) is 30.3 Å². The number of carbonyl (C=O) groups excluding carboxylic acids is 2. The number of halogens is 1. The van der Waals surface area contributed by atoms with E-state index in [0.717, 1.165) is 30.4 Å². The monoisotopic (exact) mass is 714 g/mol. The number of sulfone groups is 1. The van der Waals surface area contributed by atoms with Crippen LogP contribution in [-0.2, 0) is 35.2 Å². The lowest BCUT2D eigenvalue weighted by atomic mass is 10.1. The molecule has 1 amide bonds. The van der Waals surface area contributed by atoms with Crippen molar-refractivity contribution in [3.8, 4) is 0 Å². The van der Waals surface area contributed by atoms with Crippen LogP contribution in [0.25, 0.3) is 0 Å². The fraction of sp³-hybridized carbons (Fsp3) is 0.459. The van der Waals surface area contributed by atoms with Gasteiger partial charge in [0.25, 0.3) is 0 Å². The number of amides is 1. The molecule has 0 aromatic heterocycles. The highest BCUT2D eigenvalue weighted by Crippen LogP contribution is 2.29. The molecule has 2 atom stereocenters. The van der Waals surface area contributed by atoms with Crippen LogP contribution >= 0.6 is 11.6 Å². The SMILES string of the molecule is CCNc1ccc(S(=O)(=O)c2ccc(CCN(C[C@H](OC3CCCCO3)c3cccc(Cl)c3)C(=O)OC(C)(C)C)cc2)cc1C(=O)OCC. The molecule has 1 heterocycles. The zero-order chi connectivity index (χ0) is 35.6. The van der Waals surface area contributed by atoms with Crippen LogP contribution in [0.3, 0.4) is 0 Å². The van der Waals surface area contributed by atoms with Gasteiger partial charge in [-0.1, -0.05) is 35.9 Å². The maximum Gasteiger partial charge on any atom is 0.410 e. The zero-order valence-corrected chi connectivity index (χ0v) is 30.4. The molecule has 0 bridgehead atoms. The summed E-state index contributed by atoms with van der Waals surface area (Å²) in [6, 6.07) is 18.3. The Hall–Kier alpha value is -3.64. The van der Waals surface area contributed by atoms with Gasteiger partial charge in [0.1, 0.15) is 11.7 Å². The van der Waals surface area contributed by atoms with E-state index in [-0.39, 0.29) is 35.1 Å². The second kappa shape index (κ2) is 17.3. The summed E-state index contributed by atoms with van der Waals surface area (Å²) in [5, 5.41) is 3.63. The molecular formula is C37H47ClN2O8S. The van der Waals surface area contributed by atoms with Crippen molar-refractivity contribution in [3.05, 3.63) is 88.4 Å². The van der Waals surface area contributed by atoms with Gasteiger partial charge in [-0.15, -0.1) is 0 Å². The first-order valence-corrected chi connectivity index (χ1v) is 18.6. The molecule has 10 nitrogen and oxygen atoms in total. The average molecular weight is 715 g/mol. The molecule has 0 radical (unpaired) electrons. The highest BCUT2D eigenvalue weighted by atomic mass is 35.5. The largest absolute Gasteiger partial charge is 0.462 e. The summed E-state index contributed by atoms with van der Waals surface area (Å²) >= 11 is 6.34. The van der Waals surface area contributed by atoms with Gasteiger partial charge in [0.05, 0.1) is 28.5 Å². The topological polar surface area (TPSA) is 120 Å². The Kier molecular flexibility index (Phi) is 13.5. The van der Waals surface area contributed by atoms with Gasteiger partial charge in [0, 0.05) is 30.4 Å². The molecule has 0 saturated carbocycles. The van der Waals surface area contributed by atoms with Crippen LogP contribution in [-0.4, -0.2) is 70.1 Å². The third-order valence-corrected chi connectivity index (χ3v) is 9.78. The molecule has 1 aliphatic heterocycles. The van der Waals surface area contributed by atoms with E-state index in [9.17, 15) is 18.0 Å². The number of nitrogens with zero attached hydrogens (tertiary/aromatic N) is 1. The van der Waals surface area contributed by atoms with E-state index >= 15 is 0 Å². The standard InChI is InChI=1S/C37H47ClN2O8S/c1-6-39-32-19-18-30(24-31(32)35(41)45-7-2)49(43,44)29-16-14-26(15-17-29)20-21-40(36(42)48-37(3,4)5)25-33(27-11-10-12-28(38)23-27)47-34-13-8-9-22-46-34/h10-12,14-19,23-24,33-34,39H,6-9,13,20-22,25H2,1-5H3/t33-,34?/m0/s1. The van der Waals surface area contributed by atoms with Crippen molar-refractivity contribution in [2.75, 3.05) is 38.2 Å². The predicted octanol–water partition coefficient (Wildman–Crippen LogP) is 7.85. The number of nitrogens with one attached hydrogen (secondary N) is 1. The number of esters is 1. The van der Waals surface area contributed by atoms with Crippen LogP contribution in [0.5, 0.6) is 0 Å². The van der Waals surface area contributed by atoms with Crippen molar-refractivity contribution >= 4 is 39.2 Å². The van der Waals surface area contributed by atoms with Crippen LogP contribution in [0.2, 0.25) is 5.02 Å². The minimum atomic E-state index is -3.95. The van der Waals surface area contributed by atoms with Crippen LogP contribution in [0, 0.1) is 0 Å². The molecule has 49 heavy (non-hydrogen) atoms. The first-order valence-electron chi connectivity index (χ1n) is 16.7. The van der Waals surface area contributed by atoms with Gasteiger partial charge in [0.15, 0.2) is 6.29 Å². The Morgan fingerprint density at radius 1 is 1.02 bits per heavy atom. The van der Waals surface area contributed by atoms with Crippen molar-refractivity contribution in [1.82, 2.24) is 4.90 Å². The van der Waals surface area contributed by atoms with E-state index in [1.165, 1.54) is 24.3 Å². The molecule has 0 aliphatic carbocycles. The number of hydrogen-bond acceptors (Lipinski definition) is 9. The highest BCUT2D eigenvalue weighted by Gasteiger charge is 2.29. The third-order valence-electron chi connectivity index (χ3n) is 7.78. The van der Waals surface area contributed by atoms with E-state index in [4.69, 9.17) is 30.5 Å². The summed E-state index contributed by atoms with van der Waals surface area (Å²) in [6.45, 7) is 10.8.